The number of ether oxygens (including phenoxy) is 1. The third kappa shape index (κ3) is 6.85. The number of halogens is 4. The van der Waals surface area contributed by atoms with Gasteiger partial charge in [-0.05, 0) is 19.4 Å². The molecule has 0 fully saturated rings. The fourth-order valence-electron chi connectivity index (χ4n) is 1.57. The zero-order valence-electron chi connectivity index (χ0n) is 11.5. The molecule has 9 heteroatoms. The largest absolute Gasteiger partial charge is 0.367 e. The van der Waals surface area contributed by atoms with Crippen LogP contribution in [-0.2, 0) is 17.8 Å². The Morgan fingerprint density at radius 2 is 1.90 bits per heavy atom. The fourth-order valence-corrected chi connectivity index (χ4v) is 1.57. The molecule has 0 saturated carbocycles. The van der Waals surface area contributed by atoms with E-state index >= 15 is 0 Å². The summed E-state index contributed by atoms with van der Waals surface area (Å²) >= 11 is 0. The van der Waals surface area contributed by atoms with Crippen molar-refractivity contribution in [2.75, 3.05) is 13.2 Å². The first-order chi connectivity index (χ1) is 9.95. The van der Waals surface area contributed by atoms with E-state index in [1.54, 1.807) is 0 Å². The molecular weight excluding hydrogens is 294 g/mol. The number of hydrogen-bond acceptors (Lipinski definition) is 5. The molecule has 0 spiro atoms. The highest BCUT2D eigenvalue weighted by Gasteiger charge is 2.41. The standard InChI is InChI=1S/C12H19F4N3O2/c13-11(14)12(15,16)8-20-7-9-18-10(21-19-9)5-3-1-2-4-6-17/h11H,1-8,17H2. The van der Waals surface area contributed by atoms with Gasteiger partial charge in [0.25, 0.3) is 0 Å². The molecule has 1 aromatic rings. The smallest absolute Gasteiger partial charge is 0.330 e. The summed E-state index contributed by atoms with van der Waals surface area (Å²) in [7, 11) is 0. The molecule has 1 rings (SSSR count). The van der Waals surface area contributed by atoms with E-state index in [9.17, 15) is 17.6 Å². The first-order valence-electron chi connectivity index (χ1n) is 6.71. The minimum absolute atomic E-state index is 0.0667. The van der Waals surface area contributed by atoms with Crippen molar-refractivity contribution in [1.82, 2.24) is 10.1 Å². The lowest BCUT2D eigenvalue weighted by Gasteiger charge is -2.14. The predicted octanol–water partition coefficient (Wildman–Crippen LogP) is 2.55. The fraction of sp³-hybridized carbons (Fsp3) is 0.833. The van der Waals surface area contributed by atoms with Gasteiger partial charge in [0.05, 0.1) is 0 Å². The van der Waals surface area contributed by atoms with E-state index in [1.807, 2.05) is 0 Å². The molecule has 0 aliphatic carbocycles. The highest BCUT2D eigenvalue weighted by atomic mass is 19.3. The van der Waals surface area contributed by atoms with Gasteiger partial charge in [0, 0.05) is 6.42 Å². The first kappa shape index (κ1) is 17.8. The van der Waals surface area contributed by atoms with Crippen molar-refractivity contribution < 1.29 is 26.8 Å². The van der Waals surface area contributed by atoms with Crippen molar-refractivity contribution in [2.24, 2.45) is 5.73 Å². The molecular formula is C12H19F4N3O2. The maximum atomic E-state index is 12.6. The summed E-state index contributed by atoms with van der Waals surface area (Å²) in [5.74, 6) is -3.73. The number of nitrogens with two attached hydrogens (primary N) is 1. The normalized spacial score (nSPS) is 12.3. The highest BCUT2D eigenvalue weighted by Crippen LogP contribution is 2.23. The number of unbranched alkanes of at least 4 members (excludes halogenated alkanes) is 3. The maximum Gasteiger partial charge on any atom is 0.330 e. The first-order valence-corrected chi connectivity index (χ1v) is 6.71. The average Bonchev–Trinajstić information content (AvgIpc) is 2.86. The molecule has 21 heavy (non-hydrogen) atoms. The Kier molecular flexibility index (Phi) is 7.58. The van der Waals surface area contributed by atoms with Gasteiger partial charge in [-0.25, -0.2) is 8.78 Å². The number of aryl methyl sites for hydroxylation is 1. The summed E-state index contributed by atoms with van der Waals surface area (Å²) in [6.07, 6.45) is 0.625. The van der Waals surface area contributed by atoms with Crippen molar-refractivity contribution in [1.29, 1.82) is 0 Å². The van der Waals surface area contributed by atoms with Gasteiger partial charge in [0.1, 0.15) is 13.2 Å². The summed E-state index contributed by atoms with van der Waals surface area (Å²) in [5, 5.41) is 3.53. The van der Waals surface area contributed by atoms with Gasteiger partial charge in [-0.1, -0.05) is 18.0 Å². The van der Waals surface area contributed by atoms with Crippen LogP contribution in [0.2, 0.25) is 0 Å². The van der Waals surface area contributed by atoms with E-state index in [-0.39, 0.29) is 12.4 Å². The van der Waals surface area contributed by atoms with E-state index in [2.05, 4.69) is 14.9 Å². The van der Waals surface area contributed by atoms with Crippen molar-refractivity contribution in [3.63, 3.8) is 0 Å². The Morgan fingerprint density at radius 3 is 2.57 bits per heavy atom. The number of aromatic nitrogens is 2. The molecule has 122 valence electrons. The van der Waals surface area contributed by atoms with Crippen LogP contribution in [0.1, 0.15) is 37.4 Å². The summed E-state index contributed by atoms with van der Waals surface area (Å²) in [5.41, 5.74) is 5.37. The minimum atomic E-state index is -4.17. The van der Waals surface area contributed by atoms with Crippen LogP contribution < -0.4 is 5.73 Å². The molecule has 0 bridgehead atoms. The molecule has 0 radical (unpaired) electrons. The third-order valence-corrected chi connectivity index (χ3v) is 2.70. The highest BCUT2D eigenvalue weighted by molar-refractivity contribution is 4.84. The van der Waals surface area contributed by atoms with Gasteiger partial charge in [-0.3, -0.25) is 0 Å². The Labute approximate surface area is 119 Å². The summed E-state index contributed by atoms with van der Waals surface area (Å²) < 4.78 is 58.3. The molecule has 1 aromatic heterocycles. The Bertz CT molecular complexity index is 402. The zero-order chi connectivity index (χ0) is 15.7. The Balaban J connectivity index is 2.23. The molecule has 0 aliphatic rings. The van der Waals surface area contributed by atoms with Crippen LogP contribution in [0.4, 0.5) is 17.6 Å². The van der Waals surface area contributed by atoms with Gasteiger partial charge in [0.15, 0.2) is 5.82 Å². The number of rotatable bonds is 11. The minimum Gasteiger partial charge on any atom is -0.367 e. The predicted molar refractivity (Wildman–Crippen MR) is 66.1 cm³/mol. The van der Waals surface area contributed by atoms with Crippen molar-refractivity contribution in [3.05, 3.63) is 11.7 Å². The van der Waals surface area contributed by atoms with Gasteiger partial charge in [0.2, 0.25) is 5.89 Å². The molecule has 1 heterocycles. The van der Waals surface area contributed by atoms with Gasteiger partial charge < -0.3 is 15.0 Å². The van der Waals surface area contributed by atoms with Crippen molar-refractivity contribution >= 4 is 0 Å². The van der Waals surface area contributed by atoms with Gasteiger partial charge in [-0.2, -0.15) is 13.8 Å². The molecule has 0 atom stereocenters. The molecule has 0 aliphatic heterocycles. The Hall–Kier alpha value is -1.22. The van der Waals surface area contributed by atoms with Crippen LogP contribution in [0.25, 0.3) is 0 Å². The van der Waals surface area contributed by atoms with Gasteiger partial charge in [-0.15, -0.1) is 0 Å². The maximum absolute atomic E-state index is 12.6. The van der Waals surface area contributed by atoms with E-state index in [1.165, 1.54) is 0 Å². The van der Waals surface area contributed by atoms with Gasteiger partial charge >= 0.3 is 12.3 Å². The lowest BCUT2D eigenvalue weighted by atomic mass is 10.1. The van der Waals surface area contributed by atoms with Crippen LogP contribution in [0.3, 0.4) is 0 Å². The lowest BCUT2D eigenvalue weighted by molar-refractivity contribution is -0.168. The number of hydrogen-bond donors (Lipinski definition) is 1. The second kappa shape index (κ2) is 8.93. The van der Waals surface area contributed by atoms with E-state index < -0.39 is 19.0 Å². The SMILES string of the molecule is NCCCCCCc1nc(COCC(F)(F)C(F)F)no1. The summed E-state index contributed by atoms with van der Waals surface area (Å²) in [6, 6.07) is 0. The second-order valence-electron chi connectivity index (χ2n) is 4.61. The topological polar surface area (TPSA) is 74.2 Å². The molecule has 5 nitrogen and oxygen atoms in total. The van der Waals surface area contributed by atoms with E-state index in [4.69, 9.17) is 10.3 Å². The van der Waals surface area contributed by atoms with Crippen LogP contribution in [0.5, 0.6) is 0 Å². The Morgan fingerprint density at radius 1 is 1.19 bits per heavy atom. The molecule has 0 amide bonds. The van der Waals surface area contributed by atoms with E-state index in [0.29, 0.717) is 18.9 Å². The average molecular weight is 313 g/mol. The van der Waals surface area contributed by atoms with Crippen LogP contribution in [0, 0.1) is 0 Å². The lowest BCUT2D eigenvalue weighted by Crippen LogP contribution is -2.32. The van der Waals surface area contributed by atoms with Crippen LogP contribution in [-0.4, -0.2) is 35.6 Å². The number of nitrogens with zero attached hydrogens (tertiary/aromatic N) is 2. The monoisotopic (exact) mass is 313 g/mol. The molecule has 0 saturated heterocycles. The summed E-state index contributed by atoms with van der Waals surface area (Å²) in [4.78, 5) is 3.93. The molecule has 2 N–H and O–H groups in total. The van der Waals surface area contributed by atoms with Crippen molar-refractivity contribution in [2.45, 2.75) is 51.1 Å². The quantitative estimate of drug-likeness (QED) is 0.502. The number of alkyl halides is 4. The van der Waals surface area contributed by atoms with Crippen LogP contribution >= 0.6 is 0 Å². The zero-order valence-corrected chi connectivity index (χ0v) is 11.5. The van der Waals surface area contributed by atoms with E-state index in [0.717, 1.165) is 25.7 Å². The second-order valence-corrected chi connectivity index (χ2v) is 4.61. The van der Waals surface area contributed by atoms with Crippen LogP contribution in [0.15, 0.2) is 4.52 Å². The summed E-state index contributed by atoms with van der Waals surface area (Å²) in [6.45, 7) is -1.11. The van der Waals surface area contributed by atoms with Crippen molar-refractivity contribution in [3.8, 4) is 0 Å². The third-order valence-electron chi connectivity index (χ3n) is 2.70. The molecule has 0 unspecified atom stereocenters. The molecule has 0 aromatic carbocycles.